The van der Waals surface area contributed by atoms with Crippen molar-refractivity contribution in [1.29, 1.82) is 0 Å². The standard InChI is InChI=1S/C15H23N3O4/c1-5-7-13(16-17-14(19)22-15(2,3)4)11-8-6-9-12(10-11)18(20)21/h6,8-10,13,16H,5,7H2,1-4H3,(H,17,19). The van der Waals surface area contributed by atoms with E-state index < -0.39 is 16.6 Å². The number of hydrazine groups is 1. The molecule has 0 aliphatic heterocycles. The highest BCUT2D eigenvalue weighted by Crippen LogP contribution is 2.22. The minimum absolute atomic E-state index is 0.0256. The van der Waals surface area contributed by atoms with E-state index in [4.69, 9.17) is 4.74 Å². The summed E-state index contributed by atoms with van der Waals surface area (Å²) in [5.41, 5.74) is 5.55. The first-order chi connectivity index (χ1) is 10.2. The van der Waals surface area contributed by atoms with E-state index in [-0.39, 0.29) is 11.7 Å². The summed E-state index contributed by atoms with van der Waals surface area (Å²) in [6.45, 7) is 7.32. The number of benzene rings is 1. The third kappa shape index (κ3) is 6.09. The van der Waals surface area contributed by atoms with Crippen LogP contribution < -0.4 is 10.9 Å². The Morgan fingerprint density at radius 1 is 1.41 bits per heavy atom. The van der Waals surface area contributed by atoms with Gasteiger partial charge in [0, 0.05) is 12.1 Å². The van der Waals surface area contributed by atoms with Crippen molar-refractivity contribution in [2.75, 3.05) is 0 Å². The van der Waals surface area contributed by atoms with Crippen LogP contribution in [0.5, 0.6) is 0 Å². The van der Waals surface area contributed by atoms with E-state index in [0.29, 0.717) is 0 Å². The van der Waals surface area contributed by atoms with Crippen molar-refractivity contribution in [1.82, 2.24) is 10.9 Å². The van der Waals surface area contributed by atoms with Gasteiger partial charge in [0.25, 0.3) is 5.69 Å². The van der Waals surface area contributed by atoms with Gasteiger partial charge in [-0.15, -0.1) is 0 Å². The molecule has 1 aromatic rings. The molecule has 0 heterocycles. The zero-order valence-corrected chi connectivity index (χ0v) is 13.4. The number of nitrogens with one attached hydrogen (secondary N) is 2. The maximum absolute atomic E-state index is 11.7. The highest BCUT2D eigenvalue weighted by Gasteiger charge is 2.18. The van der Waals surface area contributed by atoms with Gasteiger partial charge >= 0.3 is 6.09 Å². The van der Waals surface area contributed by atoms with Crippen LogP contribution in [0.3, 0.4) is 0 Å². The molecule has 1 atom stereocenters. The number of rotatable bonds is 6. The maximum atomic E-state index is 11.7. The number of nitro benzene ring substituents is 1. The van der Waals surface area contributed by atoms with Gasteiger partial charge in [0.05, 0.1) is 11.0 Å². The minimum atomic E-state index is -0.586. The Labute approximate surface area is 130 Å². The van der Waals surface area contributed by atoms with Crippen LogP contribution in [0.4, 0.5) is 10.5 Å². The Hall–Kier alpha value is -2.15. The number of non-ortho nitro benzene ring substituents is 1. The molecule has 7 heteroatoms. The van der Waals surface area contributed by atoms with Gasteiger partial charge in [-0.2, -0.15) is 0 Å². The molecule has 0 bridgehead atoms. The van der Waals surface area contributed by atoms with Crippen LogP contribution in [0.25, 0.3) is 0 Å². The third-order valence-corrected chi connectivity index (χ3v) is 2.81. The van der Waals surface area contributed by atoms with Crippen molar-refractivity contribution >= 4 is 11.8 Å². The van der Waals surface area contributed by atoms with Gasteiger partial charge in [0.1, 0.15) is 5.60 Å². The fourth-order valence-corrected chi connectivity index (χ4v) is 1.92. The zero-order chi connectivity index (χ0) is 16.8. The Balaban J connectivity index is 2.75. The largest absolute Gasteiger partial charge is 0.443 e. The molecule has 1 aromatic carbocycles. The number of carbonyl (C=O) groups excluding carboxylic acids is 1. The molecule has 2 N–H and O–H groups in total. The molecule has 0 aromatic heterocycles. The van der Waals surface area contributed by atoms with Crippen LogP contribution in [-0.2, 0) is 4.74 Å². The zero-order valence-electron chi connectivity index (χ0n) is 13.4. The van der Waals surface area contributed by atoms with Gasteiger partial charge < -0.3 is 4.74 Å². The predicted molar refractivity (Wildman–Crippen MR) is 83.3 cm³/mol. The van der Waals surface area contributed by atoms with Crippen molar-refractivity contribution in [3.05, 3.63) is 39.9 Å². The average Bonchev–Trinajstić information content (AvgIpc) is 2.41. The number of nitrogens with zero attached hydrogens (tertiary/aromatic N) is 1. The molecule has 0 saturated carbocycles. The van der Waals surface area contributed by atoms with Crippen LogP contribution in [0.15, 0.2) is 24.3 Å². The van der Waals surface area contributed by atoms with Gasteiger partial charge in [-0.3, -0.25) is 15.5 Å². The second kappa shape index (κ2) is 7.74. The van der Waals surface area contributed by atoms with Crippen molar-refractivity contribution in [3.63, 3.8) is 0 Å². The number of ether oxygens (including phenoxy) is 1. The lowest BCUT2D eigenvalue weighted by atomic mass is 10.0. The maximum Gasteiger partial charge on any atom is 0.422 e. The SMILES string of the molecule is CCCC(NNC(=O)OC(C)(C)C)c1cccc([N+](=O)[O-])c1. The molecule has 1 unspecified atom stereocenters. The number of hydrogen-bond acceptors (Lipinski definition) is 5. The molecule has 122 valence electrons. The first-order valence-electron chi connectivity index (χ1n) is 7.22. The predicted octanol–water partition coefficient (Wildman–Crippen LogP) is 3.47. The summed E-state index contributed by atoms with van der Waals surface area (Å²) in [5.74, 6) is 0. The summed E-state index contributed by atoms with van der Waals surface area (Å²) < 4.78 is 5.14. The second-order valence-electron chi connectivity index (χ2n) is 5.96. The van der Waals surface area contributed by atoms with Crippen LogP contribution in [-0.4, -0.2) is 16.6 Å². The Morgan fingerprint density at radius 2 is 2.09 bits per heavy atom. The van der Waals surface area contributed by atoms with Crippen molar-refractivity contribution < 1.29 is 14.5 Å². The van der Waals surface area contributed by atoms with E-state index in [1.54, 1.807) is 32.9 Å². The normalized spacial score (nSPS) is 12.5. The summed E-state index contributed by atoms with van der Waals surface area (Å²) in [7, 11) is 0. The quantitative estimate of drug-likeness (QED) is 0.620. The van der Waals surface area contributed by atoms with Crippen LogP contribution in [0.1, 0.15) is 52.1 Å². The van der Waals surface area contributed by atoms with E-state index in [9.17, 15) is 14.9 Å². The van der Waals surface area contributed by atoms with Crippen molar-refractivity contribution in [3.8, 4) is 0 Å². The highest BCUT2D eigenvalue weighted by molar-refractivity contribution is 5.67. The number of amides is 1. The Bertz CT molecular complexity index is 526. The number of hydrogen-bond donors (Lipinski definition) is 2. The Kier molecular flexibility index (Phi) is 6.30. The first kappa shape index (κ1) is 17.9. The molecule has 0 fully saturated rings. The van der Waals surface area contributed by atoms with Crippen molar-refractivity contribution in [2.24, 2.45) is 0 Å². The Morgan fingerprint density at radius 3 is 2.64 bits per heavy atom. The average molecular weight is 309 g/mol. The molecule has 0 radical (unpaired) electrons. The molecule has 0 aliphatic rings. The summed E-state index contributed by atoms with van der Waals surface area (Å²) in [5, 5.41) is 10.9. The topological polar surface area (TPSA) is 93.5 Å². The van der Waals surface area contributed by atoms with Crippen molar-refractivity contribution in [2.45, 2.75) is 52.2 Å². The molecular formula is C15H23N3O4. The van der Waals surface area contributed by atoms with E-state index in [2.05, 4.69) is 10.9 Å². The lowest BCUT2D eigenvalue weighted by Crippen LogP contribution is -2.43. The summed E-state index contributed by atoms with van der Waals surface area (Å²) in [6.07, 6.45) is 0.992. The molecule has 22 heavy (non-hydrogen) atoms. The van der Waals surface area contributed by atoms with E-state index in [1.165, 1.54) is 12.1 Å². The summed E-state index contributed by atoms with van der Waals surface area (Å²) in [4.78, 5) is 22.1. The molecular weight excluding hydrogens is 286 g/mol. The van der Waals surface area contributed by atoms with Gasteiger partial charge in [-0.05, 0) is 32.8 Å². The van der Waals surface area contributed by atoms with Gasteiger partial charge in [-0.25, -0.2) is 10.2 Å². The molecule has 1 amide bonds. The molecule has 7 nitrogen and oxygen atoms in total. The lowest BCUT2D eigenvalue weighted by Gasteiger charge is -2.23. The smallest absolute Gasteiger partial charge is 0.422 e. The second-order valence-corrected chi connectivity index (χ2v) is 5.96. The van der Waals surface area contributed by atoms with Crippen LogP contribution >= 0.6 is 0 Å². The highest BCUT2D eigenvalue weighted by atomic mass is 16.6. The van der Waals surface area contributed by atoms with Crippen LogP contribution in [0.2, 0.25) is 0 Å². The third-order valence-electron chi connectivity index (χ3n) is 2.81. The molecule has 1 rings (SSSR count). The van der Waals surface area contributed by atoms with E-state index in [0.717, 1.165) is 18.4 Å². The summed E-state index contributed by atoms with van der Waals surface area (Å²) >= 11 is 0. The van der Waals surface area contributed by atoms with E-state index in [1.807, 2.05) is 6.92 Å². The fourth-order valence-electron chi connectivity index (χ4n) is 1.92. The lowest BCUT2D eigenvalue weighted by molar-refractivity contribution is -0.384. The summed E-state index contributed by atoms with van der Waals surface area (Å²) in [6, 6.07) is 6.14. The minimum Gasteiger partial charge on any atom is -0.443 e. The molecule has 0 saturated heterocycles. The van der Waals surface area contributed by atoms with Gasteiger partial charge in [-0.1, -0.05) is 25.5 Å². The first-order valence-corrected chi connectivity index (χ1v) is 7.22. The van der Waals surface area contributed by atoms with Gasteiger partial charge in [0.15, 0.2) is 0 Å². The molecule has 0 aliphatic carbocycles. The number of carbonyl (C=O) groups is 1. The fraction of sp³-hybridized carbons (Fsp3) is 0.533. The van der Waals surface area contributed by atoms with Crippen LogP contribution in [0, 0.1) is 10.1 Å². The van der Waals surface area contributed by atoms with Gasteiger partial charge in [0.2, 0.25) is 0 Å². The molecule has 0 spiro atoms. The monoisotopic (exact) mass is 309 g/mol. The van der Waals surface area contributed by atoms with E-state index >= 15 is 0 Å². The number of nitro groups is 1.